The average molecular weight is 418 g/mol. The van der Waals surface area contributed by atoms with Crippen LogP contribution in [0.5, 0.6) is 5.75 Å². The van der Waals surface area contributed by atoms with Crippen LogP contribution in [-0.2, 0) is 4.79 Å². The maximum atomic E-state index is 12.5. The Morgan fingerprint density at radius 2 is 1.77 bits per heavy atom. The number of carbonyl (C=O) groups excluding carboxylic acids is 1. The summed E-state index contributed by atoms with van der Waals surface area (Å²) < 4.78 is 7.36. The van der Waals surface area contributed by atoms with Gasteiger partial charge >= 0.3 is 0 Å². The van der Waals surface area contributed by atoms with Gasteiger partial charge in [0, 0.05) is 17.1 Å². The quantitative estimate of drug-likeness (QED) is 0.586. The molecule has 4 rings (SSSR count). The summed E-state index contributed by atoms with van der Waals surface area (Å²) >= 11 is 1.35. The van der Waals surface area contributed by atoms with Crippen molar-refractivity contribution >= 4 is 34.6 Å². The zero-order chi connectivity index (χ0) is 21.3. The molecule has 0 bridgehead atoms. The molecule has 0 spiro atoms. The van der Waals surface area contributed by atoms with Crippen LogP contribution >= 0.6 is 11.8 Å². The lowest BCUT2D eigenvalue weighted by Crippen LogP contribution is -2.19. The van der Waals surface area contributed by atoms with Gasteiger partial charge in [-0.2, -0.15) is 0 Å². The number of aliphatic imine (C=N–C) groups is 1. The first-order chi connectivity index (χ1) is 14.4. The first-order valence-electron chi connectivity index (χ1n) is 9.64. The van der Waals surface area contributed by atoms with E-state index in [4.69, 9.17) is 4.74 Å². The molecule has 1 saturated heterocycles. The van der Waals surface area contributed by atoms with Gasteiger partial charge in [-0.05, 0) is 98.3 Å². The SMILES string of the molecule is COc1ccc(-n2c(C)ccc2/C=C2\SC(=Nc3ccc(C)c(C)c3)NC2=O)cc1. The lowest BCUT2D eigenvalue weighted by Gasteiger charge is -2.10. The van der Waals surface area contributed by atoms with Crippen LogP contribution in [0.1, 0.15) is 22.5 Å². The van der Waals surface area contributed by atoms with Crippen molar-refractivity contribution in [1.29, 1.82) is 0 Å². The van der Waals surface area contributed by atoms with E-state index in [0.717, 1.165) is 28.5 Å². The van der Waals surface area contributed by atoms with Crippen molar-refractivity contribution in [2.45, 2.75) is 20.8 Å². The van der Waals surface area contributed by atoms with E-state index in [-0.39, 0.29) is 5.91 Å². The first-order valence-corrected chi connectivity index (χ1v) is 10.5. The van der Waals surface area contributed by atoms with Crippen LogP contribution in [0.4, 0.5) is 5.69 Å². The molecule has 0 saturated carbocycles. The third-order valence-corrected chi connectivity index (χ3v) is 6.00. The molecule has 0 aliphatic carbocycles. The van der Waals surface area contributed by atoms with Crippen molar-refractivity contribution < 1.29 is 9.53 Å². The molecule has 1 N–H and O–H groups in total. The molecule has 30 heavy (non-hydrogen) atoms. The van der Waals surface area contributed by atoms with Gasteiger partial charge in [0.25, 0.3) is 5.91 Å². The van der Waals surface area contributed by atoms with E-state index in [1.165, 1.54) is 22.9 Å². The molecule has 1 fully saturated rings. The van der Waals surface area contributed by atoms with Gasteiger partial charge in [0.15, 0.2) is 5.17 Å². The van der Waals surface area contributed by atoms with Crippen LogP contribution in [0.2, 0.25) is 0 Å². The molecule has 2 heterocycles. The number of amidine groups is 1. The third-order valence-electron chi connectivity index (χ3n) is 5.09. The molecule has 152 valence electrons. The number of hydrogen-bond acceptors (Lipinski definition) is 4. The van der Waals surface area contributed by atoms with Gasteiger partial charge in [-0.15, -0.1) is 0 Å². The second-order valence-electron chi connectivity index (χ2n) is 7.18. The molecule has 0 radical (unpaired) electrons. The zero-order valence-electron chi connectivity index (χ0n) is 17.4. The molecular formula is C24H23N3O2S. The molecule has 6 heteroatoms. The molecule has 1 aliphatic heterocycles. The molecule has 0 atom stereocenters. The van der Waals surface area contributed by atoms with E-state index in [9.17, 15) is 4.79 Å². The van der Waals surface area contributed by atoms with Crippen LogP contribution < -0.4 is 10.1 Å². The minimum absolute atomic E-state index is 0.136. The number of aromatic nitrogens is 1. The minimum Gasteiger partial charge on any atom is -0.497 e. The monoisotopic (exact) mass is 417 g/mol. The van der Waals surface area contributed by atoms with Crippen molar-refractivity contribution in [3.63, 3.8) is 0 Å². The largest absolute Gasteiger partial charge is 0.497 e. The van der Waals surface area contributed by atoms with Gasteiger partial charge < -0.3 is 14.6 Å². The van der Waals surface area contributed by atoms with Crippen LogP contribution in [-0.4, -0.2) is 22.8 Å². The fourth-order valence-corrected chi connectivity index (χ4v) is 4.11. The maximum absolute atomic E-state index is 12.5. The fraction of sp³-hybridized carbons (Fsp3) is 0.167. The number of rotatable bonds is 4. The Morgan fingerprint density at radius 3 is 2.47 bits per heavy atom. The molecule has 1 aliphatic rings. The highest BCUT2D eigenvalue weighted by atomic mass is 32.2. The summed E-state index contributed by atoms with van der Waals surface area (Å²) in [5, 5.41) is 3.46. The summed E-state index contributed by atoms with van der Waals surface area (Å²) in [5.74, 6) is 0.670. The van der Waals surface area contributed by atoms with Gasteiger partial charge in [0.2, 0.25) is 0 Å². The predicted molar refractivity (Wildman–Crippen MR) is 124 cm³/mol. The van der Waals surface area contributed by atoms with Gasteiger partial charge in [-0.25, -0.2) is 4.99 Å². The highest BCUT2D eigenvalue weighted by molar-refractivity contribution is 8.18. The Kier molecular flexibility index (Phi) is 5.50. The van der Waals surface area contributed by atoms with Crippen molar-refractivity contribution in [2.75, 3.05) is 7.11 Å². The number of amides is 1. The predicted octanol–water partition coefficient (Wildman–Crippen LogP) is 5.30. The zero-order valence-corrected chi connectivity index (χ0v) is 18.2. The summed E-state index contributed by atoms with van der Waals surface area (Å²) in [6.45, 7) is 6.17. The summed E-state index contributed by atoms with van der Waals surface area (Å²) in [6.07, 6.45) is 1.90. The Labute approximate surface area is 180 Å². The number of benzene rings is 2. The van der Waals surface area contributed by atoms with Crippen LogP contribution in [0.15, 0.2) is 64.5 Å². The summed E-state index contributed by atoms with van der Waals surface area (Å²) in [4.78, 5) is 17.7. The fourth-order valence-electron chi connectivity index (χ4n) is 3.28. The van der Waals surface area contributed by atoms with Gasteiger partial charge in [-0.3, -0.25) is 4.79 Å². The van der Waals surface area contributed by atoms with Crippen LogP contribution in [0.25, 0.3) is 11.8 Å². The van der Waals surface area contributed by atoms with Crippen molar-refractivity contribution in [3.05, 3.63) is 82.0 Å². The number of hydrogen-bond donors (Lipinski definition) is 1. The second-order valence-corrected chi connectivity index (χ2v) is 8.21. The molecular weight excluding hydrogens is 394 g/mol. The summed E-state index contributed by atoms with van der Waals surface area (Å²) in [6, 6.07) is 17.9. The van der Waals surface area contributed by atoms with E-state index < -0.39 is 0 Å². The topological polar surface area (TPSA) is 55.6 Å². The molecule has 1 amide bonds. The minimum atomic E-state index is -0.136. The van der Waals surface area contributed by atoms with E-state index in [1.807, 2.05) is 67.6 Å². The molecule has 1 aromatic heterocycles. The standard InChI is InChI=1S/C24H23N3O2S/c1-15-5-7-18(13-16(15)2)25-24-26-23(28)22(30-24)14-20-8-6-17(3)27(20)19-9-11-21(29-4)12-10-19/h5-14H,1-4H3,(H,25,26,28)/b22-14-. The number of carbonyl (C=O) groups is 1. The van der Waals surface area contributed by atoms with E-state index >= 15 is 0 Å². The van der Waals surface area contributed by atoms with Gasteiger partial charge in [-0.1, -0.05) is 6.07 Å². The Hall–Kier alpha value is -3.25. The number of ether oxygens (including phenoxy) is 1. The maximum Gasteiger partial charge on any atom is 0.264 e. The highest BCUT2D eigenvalue weighted by Crippen LogP contribution is 2.30. The van der Waals surface area contributed by atoms with Crippen molar-refractivity contribution in [1.82, 2.24) is 9.88 Å². The smallest absolute Gasteiger partial charge is 0.264 e. The molecule has 3 aromatic rings. The molecule has 2 aromatic carbocycles. The van der Waals surface area contributed by atoms with Crippen molar-refractivity contribution in [2.24, 2.45) is 4.99 Å². The third kappa shape index (κ3) is 4.04. The summed E-state index contributed by atoms with van der Waals surface area (Å²) in [7, 11) is 1.65. The Bertz CT molecular complexity index is 1170. The van der Waals surface area contributed by atoms with Crippen LogP contribution in [0, 0.1) is 20.8 Å². The molecule has 5 nitrogen and oxygen atoms in total. The van der Waals surface area contributed by atoms with E-state index in [1.54, 1.807) is 7.11 Å². The summed E-state index contributed by atoms with van der Waals surface area (Å²) in [5.41, 5.74) is 6.26. The number of nitrogens with zero attached hydrogens (tertiary/aromatic N) is 2. The lowest BCUT2D eigenvalue weighted by atomic mass is 10.1. The Morgan fingerprint density at radius 1 is 1.00 bits per heavy atom. The van der Waals surface area contributed by atoms with E-state index in [2.05, 4.69) is 28.7 Å². The second kappa shape index (κ2) is 8.24. The van der Waals surface area contributed by atoms with Gasteiger partial charge in [0.1, 0.15) is 5.75 Å². The number of thioether (sulfide) groups is 1. The number of nitrogens with one attached hydrogen (secondary N) is 1. The highest BCUT2D eigenvalue weighted by Gasteiger charge is 2.24. The Balaban J connectivity index is 1.63. The van der Waals surface area contributed by atoms with Gasteiger partial charge in [0.05, 0.1) is 17.7 Å². The lowest BCUT2D eigenvalue weighted by molar-refractivity contribution is -0.115. The number of methoxy groups -OCH3 is 1. The average Bonchev–Trinajstić information content (AvgIpc) is 3.27. The van der Waals surface area contributed by atoms with Crippen LogP contribution in [0.3, 0.4) is 0 Å². The molecule has 0 unspecified atom stereocenters. The number of aryl methyl sites for hydroxylation is 3. The van der Waals surface area contributed by atoms with Crippen molar-refractivity contribution in [3.8, 4) is 11.4 Å². The normalized spacial score (nSPS) is 16.3. The first kappa shape index (κ1) is 20.0. The van der Waals surface area contributed by atoms with E-state index in [0.29, 0.717) is 10.1 Å².